The Kier molecular flexibility index (Phi) is 5.38. The molecule has 0 aliphatic rings. The van der Waals surface area contributed by atoms with Crippen molar-refractivity contribution in [1.82, 2.24) is 14.7 Å². The van der Waals surface area contributed by atoms with Crippen LogP contribution in [0.5, 0.6) is 0 Å². The summed E-state index contributed by atoms with van der Waals surface area (Å²) < 4.78 is 2.00. The van der Waals surface area contributed by atoms with Crippen molar-refractivity contribution in [3.05, 3.63) is 39.8 Å². The SMILES string of the molecule is CCn1cc(CN(Cc2sccc2C)CC(C)C)cn1. The smallest absolute Gasteiger partial charge is 0.0534 e. The maximum absolute atomic E-state index is 4.37. The van der Waals surface area contributed by atoms with E-state index in [4.69, 9.17) is 0 Å². The predicted octanol–water partition coefficient (Wildman–Crippen LogP) is 3.93. The molecule has 0 radical (unpaired) electrons. The quantitative estimate of drug-likeness (QED) is 0.770. The van der Waals surface area contributed by atoms with Crippen LogP contribution in [0, 0.1) is 12.8 Å². The largest absolute Gasteiger partial charge is 0.294 e. The van der Waals surface area contributed by atoms with Gasteiger partial charge in [-0.2, -0.15) is 5.10 Å². The maximum Gasteiger partial charge on any atom is 0.0534 e. The Hall–Kier alpha value is -1.13. The number of thiophene rings is 1. The van der Waals surface area contributed by atoms with Crippen LogP contribution >= 0.6 is 11.3 Å². The molecule has 4 heteroatoms. The molecule has 110 valence electrons. The molecule has 0 aliphatic carbocycles. The van der Waals surface area contributed by atoms with Crippen LogP contribution in [0.4, 0.5) is 0 Å². The molecule has 0 saturated heterocycles. The average Bonchev–Trinajstić information content (AvgIpc) is 2.99. The molecule has 2 rings (SSSR count). The summed E-state index contributed by atoms with van der Waals surface area (Å²) in [7, 11) is 0. The fraction of sp³-hybridized carbons (Fsp3) is 0.562. The molecule has 0 N–H and O–H groups in total. The van der Waals surface area contributed by atoms with Crippen molar-refractivity contribution in [2.45, 2.75) is 47.3 Å². The van der Waals surface area contributed by atoms with E-state index in [0.717, 1.165) is 26.2 Å². The van der Waals surface area contributed by atoms with E-state index in [1.165, 1.54) is 16.0 Å². The van der Waals surface area contributed by atoms with Gasteiger partial charge in [0, 0.05) is 42.8 Å². The van der Waals surface area contributed by atoms with Gasteiger partial charge in [0.15, 0.2) is 0 Å². The molecular formula is C16H25N3S. The third-order valence-electron chi connectivity index (χ3n) is 3.38. The normalized spacial score (nSPS) is 11.7. The van der Waals surface area contributed by atoms with E-state index < -0.39 is 0 Å². The second-order valence-corrected chi connectivity index (χ2v) is 6.80. The van der Waals surface area contributed by atoms with Gasteiger partial charge in [-0.15, -0.1) is 11.3 Å². The number of hydrogen-bond acceptors (Lipinski definition) is 3. The first-order valence-corrected chi connectivity index (χ1v) is 8.23. The number of nitrogens with zero attached hydrogens (tertiary/aromatic N) is 3. The number of aromatic nitrogens is 2. The zero-order valence-electron chi connectivity index (χ0n) is 13.0. The van der Waals surface area contributed by atoms with Crippen LogP contribution < -0.4 is 0 Å². The molecule has 2 aromatic heterocycles. The van der Waals surface area contributed by atoms with Crippen molar-refractivity contribution in [3.8, 4) is 0 Å². The molecule has 0 amide bonds. The van der Waals surface area contributed by atoms with Crippen LogP contribution in [0.15, 0.2) is 23.8 Å². The lowest BCUT2D eigenvalue weighted by molar-refractivity contribution is 0.229. The molecule has 0 unspecified atom stereocenters. The highest BCUT2D eigenvalue weighted by Crippen LogP contribution is 2.20. The van der Waals surface area contributed by atoms with E-state index in [1.54, 1.807) is 0 Å². The van der Waals surface area contributed by atoms with Crippen molar-refractivity contribution >= 4 is 11.3 Å². The lowest BCUT2D eigenvalue weighted by Crippen LogP contribution is -2.26. The van der Waals surface area contributed by atoms with E-state index in [0.29, 0.717) is 5.92 Å². The Bertz CT molecular complexity index is 527. The Labute approximate surface area is 126 Å². The summed E-state index contributed by atoms with van der Waals surface area (Å²) in [4.78, 5) is 4.01. The van der Waals surface area contributed by atoms with Crippen LogP contribution in [-0.4, -0.2) is 21.2 Å². The van der Waals surface area contributed by atoms with Crippen molar-refractivity contribution in [2.24, 2.45) is 5.92 Å². The van der Waals surface area contributed by atoms with E-state index in [-0.39, 0.29) is 0 Å². The summed E-state index contributed by atoms with van der Waals surface area (Å²) in [5, 5.41) is 6.56. The fourth-order valence-electron chi connectivity index (χ4n) is 2.39. The van der Waals surface area contributed by atoms with Gasteiger partial charge in [-0.3, -0.25) is 9.58 Å². The van der Waals surface area contributed by atoms with Gasteiger partial charge in [-0.25, -0.2) is 0 Å². The van der Waals surface area contributed by atoms with E-state index >= 15 is 0 Å². The molecule has 2 aromatic rings. The zero-order valence-corrected chi connectivity index (χ0v) is 13.8. The number of rotatable bonds is 7. The maximum atomic E-state index is 4.37. The summed E-state index contributed by atoms with van der Waals surface area (Å²) in [6.07, 6.45) is 4.16. The van der Waals surface area contributed by atoms with Gasteiger partial charge in [0.1, 0.15) is 0 Å². The summed E-state index contributed by atoms with van der Waals surface area (Å²) in [6, 6.07) is 2.21. The average molecular weight is 291 g/mol. The Morgan fingerprint density at radius 1 is 1.35 bits per heavy atom. The van der Waals surface area contributed by atoms with Crippen LogP contribution in [-0.2, 0) is 19.6 Å². The minimum atomic E-state index is 0.677. The highest BCUT2D eigenvalue weighted by atomic mass is 32.1. The molecule has 20 heavy (non-hydrogen) atoms. The molecule has 0 atom stereocenters. The Morgan fingerprint density at radius 3 is 2.70 bits per heavy atom. The molecule has 0 fully saturated rings. The van der Waals surface area contributed by atoms with E-state index in [9.17, 15) is 0 Å². The molecule has 2 heterocycles. The highest BCUT2D eigenvalue weighted by Gasteiger charge is 2.12. The lowest BCUT2D eigenvalue weighted by atomic mass is 10.2. The predicted molar refractivity (Wildman–Crippen MR) is 85.9 cm³/mol. The first-order valence-electron chi connectivity index (χ1n) is 7.35. The van der Waals surface area contributed by atoms with E-state index in [1.807, 2.05) is 22.2 Å². The van der Waals surface area contributed by atoms with Gasteiger partial charge in [0.05, 0.1) is 6.20 Å². The van der Waals surface area contributed by atoms with Gasteiger partial charge in [-0.1, -0.05) is 13.8 Å². The standard InChI is InChI=1S/C16H25N3S/c1-5-19-11-15(8-17-19)10-18(9-13(2)3)12-16-14(4)6-7-20-16/h6-8,11,13H,5,9-10,12H2,1-4H3. The molecule has 0 bridgehead atoms. The molecule has 0 saturated carbocycles. The fourth-order valence-corrected chi connectivity index (χ4v) is 3.34. The Morgan fingerprint density at radius 2 is 2.15 bits per heavy atom. The summed E-state index contributed by atoms with van der Waals surface area (Å²) in [6.45, 7) is 13.0. The first-order chi connectivity index (χ1) is 9.58. The number of hydrogen-bond donors (Lipinski definition) is 0. The molecule has 0 aliphatic heterocycles. The lowest BCUT2D eigenvalue weighted by Gasteiger charge is -2.23. The monoisotopic (exact) mass is 291 g/mol. The topological polar surface area (TPSA) is 21.1 Å². The van der Waals surface area contributed by atoms with Crippen molar-refractivity contribution in [1.29, 1.82) is 0 Å². The van der Waals surface area contributed by atoms with Gasteiger partial charge >= 0.3 is 0 Å². The molecular weight excluding hydrogens is 266 g/mol. The highest BCUT2D eigenvalue weighted by molar-refractivity contribution is 7.10. The van der Waals surface area contributed by atoms with E-state index in [2.05, 4.69) is 55.3 Å². The first kappa shape index (κ1) is 15.3. The zero-order chi connectivity index (χ0) is 14.5. The summed E-state index contributed by atoms with van der Waals surface area (Å²) in [5.74, 6) is 0.677. The minimum absolute atomic E-state index is 0.677. The van der Waals surface area contributed by atoms with Crippen LogP contribution in [0.2, 0.25) is 0 Å². The van der Waals surface area contributed by atoms with Crippen LogP contribution in [0.25, 0.3) is 0 Å². The van der Waals surface area contributed by atoms with Gasteiger partial charge in [0.25, 0.3) is 0 Å². The van der Waals surface area contributed by atoms with Gasteiger partial charge < -0.3 is 0 Å². The molecule has 3 nitrogen and oxygen atoms in total. The van der Waals surface area contributed by atoms with Gasteiger partial charge in [0.2, 0.25) is 0 Å². The second-order valence-electron chi connectivity index (χ2n) is 5.79. The van der Waals surface area contributed by atoms with Crippen molar-refractivity contribution in [2.75, 3.05) is 6.54 Å². The number of aryl methyl sites for hydroxylation is 2. The Balaban J connectivity index is 2.05. The second kappa shape index (κ2) is 7.04. The van der Waals surface area contributed by atoms with Gasteiger partial charge in [-0.05, 0) is 36.8 Å². The minimum Gasteiger partial charge on any atom is -0.294 e. The molecule has 0 spiro atoms. The third-order valence-corrected chi connectivity index (χ3v) is 4.38. The summed E-state index contributed by atoms with van der Waals surface area (Å²) >= 11 is 1.86. The molecule has 0 aromatic carbocycles. The van der Waals surface area contributed by atoms with Crippen molar-refractivity contribution < 1.29 is 0 Å². The third kappa shape index (κ3) is 4.18. The van der Waals surface area contributed by atoms with Crippen molar-refractivity contribution in [3.63, 3.8) is 0 Å². The van der Waals surface area contributed by atoms with Crippen LogP contribution in [0.3, 0.4) is 0 Å². The summed E-state index contributed by atoms with van der Waals surface area (Å²) in [5.41, 5.74) is 2.72. The van der Waals surface area contributed by atoms with Crippen LogP contribution in [0.1, 0.15) is 36.8 Å².